The molecule has 188 valence electrons. The summed E-state index contributed by atoms with van der Waals surface area (Å²) in [6.45, 7) is 9.13. The Balaban J connectivity index is 1.43. The zero-order valence-electron chi connectivity index (χ0n) is 21.6. The fraction of sp³-hybridized carbons (Fsp3) is 0.893. The summed E-state index contributed by atoms with van der Waals surface area (Å²) in [4.78, 5) is 18.0. The Morgan fingerprint density at radius 1 is 1.18 bits per heavy atom. The van der Waals surface area contributed by atoms with Crippen LogP contribution in [0.3, 0.4) is 0 Å². The standard InChI is InChI=1S/C28H47NO4/c1-18(6-11-26(32)29(33-5)19(2)17-30)23-9-10-24-22-8-7-20-16-21(31)12-14-27(20,3)25(22)13-15-28(23,24)4/h7,18-19,21-25,30-31H,6,8-17H2,1-5H3/t18?,19?,21-,22-,23+,24-,25-,27-,28+/m0/s1. The number of hydrogen-bond acceptors (Lipinski definition) is 4. The van der Waals surface area contributed by atoms with Crippen molar-refractivity contribution in [1.29, 1.82) is 0 Å². The largest absolute Gasteiger partial charge is 0.394 e. The number of aliphatic hydroxyl groups excluding tert-OH is 2. The quantitative estimate of drug-likeness (QED) is 0.408. The van der Waals surface area contributed by atoms with E-state index >= 15 is 0 Å². The summed E-state index contributed by atoms with van der Waals surface area (Å²) in [5.41, 5.74) is 2.22. The summed E-state index contributed by atoms with van der Waals surface area (Å²) in [6, 6.07) is -0.312. The third kappa shape index (κ3) is 4.31. The molecule has 0 heterocycles. The molecular formula is C28H47NO4. The van der Waals surface area contributed by atoms with E-state index in [-0.39, 0.29) is 24.7 Å². The third-order valence-electron chi connectivity index (χ3n) is 10.8. The maximum atomic E-state index is 12.7. The van der Waals surface area contributed by atoms with Crippen molar-refractivity contribution >= 4 is 5.91 Å². The Kier molecular flexibility index (Phi) is 7.34. The third-order valence-corrected chi connectivity index (χ3v) is 10.8. The molecule has 9 atom stereocenters. The van der Waals surface area contributed by atoms with Gasteiger partial charge in [-0.2, -0.15) is 0 Å². The molecule has 0 saturated heterocycles. The summed E-state index contributed by atoms with van der Waals surface area (Å²) in [5.74, 6) is 3.50. The van der Waals surface area contributed by atoms with Crippen LogP contribution in [0.5, 0.6) is 0 Å². The monoisotopic (exact) mass is 461 g/mol. The second-order valence-corrected chi connectivity index (χ2v) is 12.3. The number of rotatable bonds is 7. The van der Waals surface area contributed by atoms with E-state index in [1.807, 2.05) is 6.92 Å². The Hall–Kier alpha value is -0.910. The van der Waals surface area contributed by atoms with Crippen LogP contribution in [0.25, 0.3) is 0 Å². The molecule has 0 bridgehead atoms. The van der Waals surface area contributed by atoms with Gasteiger partial charge < -0.3 is 10.2 Å². The normalized spacial score (nSPS) is 41.9. The van der Waals surface area contributed by atoms with Crippen LogP contribution in [0.15, 0.2) is 11.6 Å². The summed E-state index contributed by atoms with van der Waals surface area (Å²) >= 11 is 0. The highest BCUT2D eigenvalue weighted by Crippen LogP contribution is 2.67. The highest BCUT2D eigenvalue weighted by atomic mass is 16.7. The van der Waals surface area contributed by atoms with Gasteiger partial charge in [0.2, 0.25) is 5.91 Å². The number of allylic oxidation sites excluding steroid dienone is 1. The smallest absolute Gasteiger partial charge is 0.246 e. The average molecular weight is 462 g/mol. The lowest BCUT2D eigenvalue weighted by Crippen LogP contribution is -2.50. The van der Waals surface area contributed by atoms with E-state index in [1.165, 1.54) is 44.3 Å². The van der Waals surface area contributed by atoms with Crippen molar-refractivity contribution in [3.63, 3.8) is 0 Å². The van der Waals surface area contributed by atoms with Crippen LogP contribution >= 0.6 is 0 Å². The molecule has 0 radical (unpaired) electrons. The van der Waals surface area contributed by atoms with E-state index in [0.29, 0.717) is 29.1 Å². The van der Waals surface area contributed by atoms with Gasteiger partial charge in [-0.25, -0.2) is 5.06 Å². The minimum Gasteiger partial charge on any atom is -0.394 e. The fourth-order valence-electron chi connectivity index (χ4n) is 8.88. The van der Waals surface area contributed by atoms with E-state index < -0.39 is 0 Å². The maximum absolute atomic E-state index is 12.7. The minimum atomic E-state index is -0.312. The molecule has 0 spiro atoms. The van der Waals surface area contributed by atoms with Gasteiger partial charge in [-0.3, -0.25) is 9.63 Å². The average Bonchev–Trinajstić information content (AvgIpc) is 3.15. The van der Waals surface area contributed by atoms with Gasteiger partial charge >= 0.3 is 0 Å². The Morgan fingerprint density at radius 3 is 2.64 bits per heavy atom. The number of carbonyl (C=O) groups is 1. The second kappa shape index (κ2) is 9.62. The van der Waals surface area contributed by atoms with Gasteiger partial charge in [0.05, 0.1) is 25.9 Å². The second-order valence-electron chi connectivity index (χ2n) is 12.3. The SMILES string of the molecule is CON(C(=O)CCC(C)[C@H]1CC[C@H]2[C@@H]3CC=C4C[C@@H](O)CC[C@]4(C)[C@H]3CC[C@]12C)C(C)CO. The molecule has 0 aromatic rings. The zero-order chi connectivity index (χ0) is 24.0. The first-order valence-corrected chi connectivity index (χ1v) is 13.5. The number of carbonyl (C=O) groups excluding carboxylic acids is 1. The van der Waals surface area contributed by atoms with E-state index in [2.05, 4.69) is 26.8 Å². The molecule has 0 aromatic carbocycles. The van der Waals surface area contributed by atoms with Crippen molar-refractivity contribution in [2.45, 2.75) is 104 Å². The molecule has 5 heteroatoms. The molecule has 33 heavy (non-hydrogen) atoms. The van der Waals surface area contributed by atoms with Crippen LogP contribution in [0, 0.1) is 40.4 Å². The molecule has 3 fully saturated rings. The highest BCUT2D eigenvalue weighted by Gasteiger charge is 2.59. The Bertz CT molecular complexity index is 752. The van der Waals surface area contributed by atoms with Crippen molar-refractivity contribution in [2.24, 2.45) is 40.4 Å². The first-order chi connectivity index (χ1) is 15.7. The molecule has 5 nitrogen and oxygen atoms in total. The van der Waals surface area contributed by atoms with Crippen molar-refractivity contribution in [3.05, 3.63) is 11.6 Å². The molecule has 2 unspecified atom stereocenters. The molecule has 2 N–H and O–H groups in total. The van der Waals surface area contributed by atoms with Gasteiger partial charge in [-0.05, 0) is 105 Å². The van der Waals surface area contributed by atoms with Gasteiger partial charge in [-0.1, -0.05) is 32.4 Å². The van der Waals surface area contributed by atoms with Crippen LogP contribution in [-0.2, 0) is 9.63 Å². The number of nitrogens with zero attached hydrogens (tertiary/aromatic N) is 1. The van der Waals surface area contributed by atoms with Gasteiger partial charge in [0, 0.05) is 6.42 Å². The van der Waals surface area contributed by atoms with E-state index in [4.69, 9.17) is 4.84 Å². The Labute approximate surface area is 200 Å². The summed E-state index contributed by atoms with van der Waals surface area (Å²) in [7, 11) is 1.51. The van der Waals surface area contributed by atoms with Crippen molar-refractivity contribution < 1.29 is 19.8 Å². The van der Waals surface area contributed by atoms with Crippen LogP contribution < -0.4 is 0 Å². The molecular weight excluding hydrogens is 414 g/mol. The lowest BCUT2D eigenvalue weighted by atomic mass is 9.47. The van der Waals surface area contributed by atoms with Crippen LogP contribution in [0.1, 0.15) is 91.9 Å². The number of fused-ring (bicyclic) bond motifs is 5. The zero-order valence-corrected chi connectivity index (χ0v) is 21.6. The lowest BCUT2D eigenvalue weighted by molar-refractivity contribution is -0.190. The number of hydroxylamine groups is 2. The van der Waals surface area contributed by atoms with E-state index in [1.54, 1.807) is 5.57 Å². The summed E-state index contributed by atoms with van der Waals surface area (Å²) in [5, 5.41) is 21.0. The first kappa shape index (κ1) is 25.2. The van der Waals surface area contributed by atoms with Crippen LogP contribution in [-0.4, -0.2) is 47.0 Å². The van der Waals surface area contributed by atoms with E-state index in [9.17, 15) is 15.0 Å². The molecule has 0 aromatic heterocycles. The van der Waals surface area contributed by atoms with Gasteiger partial charge in [0.1, 0.15) is 0 Å². The first-order valence-electron chi connectivity index (χ1n) is 13.5. The van der Waals surface area contributed by atoms with Crippen molar-refractivity contribution in [3.8, 4) is 0 Å². The number of amides is 1. The van der Waals surface area contributed by atoms with Crippen molar-refractivity contribution in [1.82, 2.24) is 5.06 Å². The Morgan fingerprint density at radius 2 is 1.94 bits per heavy atom. The van der Waals surface area contributed by atoms with Crippen LogP contribution in [0.4, 0.5) is 0 Å². The minimum absolute atomic E-state index is 0.0216. The number of hydrogen-bond donors (Lipinski definition) is 2. The van der Waals surface area contributed by atoms with Crippen LogP contribution in [0.2, 0.25) is 0 Å². The lowest BCUT2D eigenvalue weighted by Gasteiger charge is -2.58. The predicted octanol–water partition coefficient (Wildman–Crippen LogP) is 5.11. The van der Waals surface area contributed by atoms with Gasteiger partial charge in [0.15, 0.2) is 0 Å². The van der Waals surface area contributed by atoms with Gasteiger partial charge in [0.25, 0.3) is 0 Å². The highest BCUT2D eigenvalue weighted by molar-refractivity contribution is 5.75. The van der Waals surface area contributed by atoms with Gasteiger partial charge in [-0.15, -0.1) is 0 Å². The predicted molar refractivity (Wildman–Crippen MR) is 130 cm³/mol. The molecule has 3 saturated carbocycles. The van der Waals surface area contributed by atoms with Crippen molar-refractivity contribution in [2.75, 3.05) is 13.7 Å². The fourth-order valence-corrected chi connectivity index (χ4v) is 8.88. The molecule has 4 aliphatic rings. The topological polar surface area (TPSA) is 70.0 Å². The molecule has 4 rings (SSSR count). The molecule has 4 aliphatic carbocycles. The number of aliphatic hydroxyl groups is 2. The molecule has 1 amide bonds. The summed E-state index contributed by atoms with van der Waals surface area (Å²) < 4.78 is 0. The summed E-state index contributed by atoms with van der Waals surface area (Å²) in [6.07, 6.45) is 13.2. The maximum Gasteiger partial charge on any atom is 0.246 e. The van der Waals surface area contributed by atoms with E-state index in [0.717, 1.165) is 43.4 Å². The molecule has 0 aliphatic heterocycles.